The lowest BCUT2D eigenvalue weighted by atomic mass is 9.86. The van der Waals surface area contributed by atoms with E-state index in [1.807, 2.05) is 39.0 Å². The Balaban J connectivity index is 1.76. The predicted octanol–water partition coefficient (Wildman–Crippen LogP) is 6.55. The standard InChI is InChI=1S/C27H43ClO6P2/c1-27(2,3)26(30)31-15-8-6-4-5-7-12-22-23(25(34-36)17-24(22)29)14-13-21(33-35)18-32-20-11-9-10-19(28)16-20/h5,7,9-11,16,21-25,29H,4,6,8,12-15,17-18,35-36H2,1-3H3/t21?,22-,23-,24?,25?/m1/s1. The van der Waals surface area contributed by atoms with Gasteiger partial charge in [-0.2, -0.15) is 0 Å². The second-order valence-electron chi connectivity index (χ2n) is 10.5. The van der Waals surface area contributed by atoms with Crippen molar-refractivity contribution in [2.75, 3.05) is 13.2 Å². The molecule has 1 fully saturated rings. The Morgan fingerprint density at radius 1 is 1.22 bits per heavy atom. The number of carbonyl (C=O) groups is 1. The van der Waals surface area contributed by atoms with Crippen LogP contribution in [0, 0.1) is 17.3 Å². The van der Waals surface area contributed by atoms with Gasteiger partial charge in [-0.1, -0.05) is 29.8 Å². The second kappa shape index (κ2) is 16.3. The Hall–Kier alpha value is -0.740. The van der Waals surface area contributed by atoms with E-state index in [1.165, 1.54) is 0 Å². The Morgan fingerprint density at radius 3 is 2.67 bits per heavy atom. The van der Waals surface area contributed by atoms with E-state index in [1.54, 1.807) is 6.07 Å². The van der Waals surface area contributed by atoms with E-state index in [-0.39, 0.29) is 36.1 Å². The summed E-state index contributed by atoms with van der Waals surface area (Å²) in [5, 5.41) is 11.3. The van der Waals surface area contributed by atoms with Crippen molar-refractivity contribution in [3.05, 3.63) is 41.4 Å². The van der Waals surface area contributed by atoms with Gasteiger partial charge in [-0.15, -0.1) is 0 Å². The van der Waals surface area contributed by atoms with E-state index in [4.69, 9.17) is 30.1 Å². The van der Waals surface area contributed by atoms with E-state index in [0.717, 1.165) is 38.5 Å². The second-order valence-corrected chi connectivity index (χ2v) is 11.5. The van der Waals surface area contributed by atoms with Crippen LogP contribution in [0.2, 0.25) is 5.02 Å². The molecule has 1 aromatic rings. The van der Waals surface area contributed by atoms with E-state index >= 15 is 0 Å². The molecule has 0 bridgehead atoms. The highest BCUT2D eigenvalue weighted by Gasteiger charge is 2.42. The van der Waals surface area contributed by atoms with E-state index in [9.17, 15) is 9.90 Å². The van der Waals surface area contributed by atoms with Gasteiger partial charge in [0.2, 0.25) is 0 Å². The van der Waals surface area contributed by atoms with Crippen LogP contribution in [0.15, 0.2) is 36.4 Å². The summed E-state index contributed by atoms with van der Waals surface area (Å²) in [6.45, 7) is 6.46. The third-order valence-corrected chi connectivity index (χ3v) is 7.57. The fourth-order valence-electron chi connectivity index (χ4n) is 4.47. The van der Waals surface area contributed by atoms with E-state index in [0.29, 0.717) is 30.4 Å². The van der Waals surface area contributed by atoms with Crippen molar-refractivity contribution in [1.82, 2.24) is 0 Å². The summed E-state index contributed by atoms with van der Waals surface area (Å²) in [6.07, 6.45) is 9.67. The summed E-state index contributed by atoms with van der Waals surface area (Å²) in [4.78, 5) is 11.8. The molecule has 1 aliphatic carbocycles. The van der Waals surface area contributed by atoms with E-state index < -0.39 is 5.41 Å². The highest BCUT2D eigenvalue weighted by atomic mass is 35.5. The zero-order valence-corrected chi connectivity index (χ0v) is 24.8. The zero-order valence-electron chi connectivity index (χ0n) is 21.7. The Labute approximate surface area is 226 Å². The molecule has 9 heteroatoms. The molecule has 1 aromatic carbocycles. The Bertz CT molecular complexity index is 816. The molecule has 0 aliphatic heterocycles. The Morgan fingerprint density at radius 2 is 2.00 bits per heavy atom. The van der Waals surface area contributed by atoms with Gasteiger partial charge in [-0.05, 0) is 89.3 Å². The van der Waals surface area contributed by atoms with Crippen molar-refractivity contribution in [3.63, 3.8) is 0 Å². The molecule has 1 N–H and O–H groups in total. The molecule has 6 nitrogen and oxygen atoms in total. The smallest absolute Gasteiger partial charge is 0.311 e. The van der Waals surface area contributed by atoms with Crippen LogP contribution in [0.4, 0.5) is 0 Å². The van der Waals surface area contributed by atoms with Gasteiger partial charge in [-0.3, -0.25) is 4.79 Å². The third-order valence-electron chi connectivity index (χ3n) is 6.60. The number of carbonyl (C=O) groups excluding carboxylic acids is 1. The monoisotopic (exact) mass is 560 g/mol. The van der Waals surface area contributed by atoms with Gasteiger partial charge in [0.25, 0.3) is 0 Å². The lowest BCUT2D eigenvalue weighted by molar-refractivity contribution is -0.153. The van der Waals surface area contributed by atoms with Crippen molar-refractivity contribution in [3.8, 4) is 5.75 Å². The molecule has 7 atom stereocenters. The first-order valence-electron chi connectivity index (χ1n) is 12.8. The van der Waals surface area contributed by atoms with Gasteiger partial charge < -0.3 is 23.6 Å². The first kappa shape index (κ1) is 31.5. The molecular formula is C27H43ClO6P2. The quantitative estimate of drug-likeness (QED) is 0.113. The molecule has 0 heterocycles. The topological polar surface area (TPSA) is 74.2 Å². The van der Waals surface area contributed by atoms with Gasteiger partial charge in [0.05, 0.1) is 30.3 Å². The third kappa shape index (κ3) is 10.9. The first-order valence-corrected chi connectivity index (χ1v) is 14.1. The number of esters is 1. The number of aliphatic hydroxyl groups excluding tert-OH is 1. The lowest BCUT2D eigenvalue weighted by Crippen LogP contribution is -2.26. The van der Waals surface area contributed by atoms with Gasteiger partial charge in [0, 0.05) is 30.4 Å². The highest BCUT2D eigenvalue weighted by Crippen LogP contribution is 2.41. The molecule has 0 spiro atoms. The number of halogens is 1. The van der Waals surface area contributed by atoms with Crippen molar-refractivity contribution in [2.24, 2.45) is 17.3 Å². The maximum Gasteiger partial charge on any atom is 0.311 e. The molecule has 0 saturated heterocycles. The molecule has 204 valence electrons. The number of aliphatic hydroxyl groups is 1. The summed E-state index contributed by atoms with van der Waals surface area (Å²) in [5.74, 6) is 0.925. The van der Waals surface area contributed by atoms with Crippen LogP contribution in [0.3, 0.4) is 0 Å². The first-order chi connectivity index (χ1) is 17.2. The number of unbranched alkanes of at least 4 members (excludes halogenated alkanes) is 2. The number of ether oxygens (including phenoxy) is 2. The summed E-state index contributed by atoms with van der Waals surface area (Å²) >= 11 is 6.03. The zero-order chi connectivity index (χ0) is 26.6. The molecule has 5 unspecified atom stereocenters. The van der Waals surface area contributed by atoms with Crippen LogP contribution in [-0.4, -0.2) is 42.6 Å². The van der Waals surface area contributed by atoms with Crippen molar-refractivity contribution >= 4 is 36.5 Å². The summed E-state index contributed by atoms with van der Waals surface area (Å²) in [6, 6.07) is 7.33. The largest absolute Gasteiger partial charge is 0.491 e. The van der Waals surface area contributed by atoms with Crippen LogP contribution < -0.4 is 4.74 Å². The molecular weight excluding hydrogens is 518 g/mol. The minimum Gasteiger partial charge on any atom is -0.491 e. The van der Waals surface area contributed by atoms with Gasteiger partial charge in [-0.25, -0.2) is 0 Å². The SMILES string of the molecule is CC(C)(C)C(=O)OCCCCC=CC[C@H]1C(O)CC(OP)[C@@H]1CCC(COc1cccc(Cl)c1)OP. The summed E-state index contributed by atoms with van der Waals surface area (Å²) in [5.41, 5.74) is -0.456. The van der Waals surface area contributed by atoms with Crippen molar-refractivity contribution in [2.45, 2.75) is 84.0 Å². The number of hydrogen-bond acceptors (Lipinski definition) is 6. The maximum absolute atomic E-state index is 11.8. The maximum atomic E-state index is 11.8. The van der Waals surface area contributed by atoms with Crippen LogP contribution in [0.1, 0.15) is 65.7 Å². The normalized spacial score (nSPS) is 23.2. The van der Waals surface area contributed by atoms with Crippen LogP contribution >= 0.6 is 30.5 Å². The molecule has 1 aliphatic rings. The molecule has 0 radical (unpaired) electrons. The molecule has 2 rings (SSSR count). The van der Waals surface area contributed by atoms with Gasteiger partial charge >= 0.3 is 5.97 Å². The fraction of sp³-hybridized carbons (Fsp3) is 0.667. The molecule has 0 amide bonds. The minimum atomic E-state index is -0.456. The van der Waals surface area contributed by atoms with Crippen LogP contribution in [0.5, 0.6) is 5.75 Å². The predicted molar refractivity (Wildman–Crippen MR) is 151 cm³/mol. The lowest BCUT2D eigenvalue weighted by Gasteiger charge is -2.26. The van der Waals surface area contributed by atoms with Crippen molar-refractivity contribution in [1.29, 1.82) is 0 Å². The van der Waals surface area contributed by atoms with E-state index in [2.05, 4.69) is 31.1 Å². The fourth-order valence-corrected chi connectivity index (χ4v) is 5.18. The average Bonchev–Trinajstić information content (AvgIpc) is 3.14. The number of allylic oxidation sites excluding steroid dienone is 2. The Kier molecular flexibility index (Phi) is 14.2. The molecule has 36 heavy (non-hydrogen) atoms. The number of hydrogen-bond donors (Lipinski definition) is 1. The van der Waals surface area contributed by atoms with Gasteiger partial charge in [0.1, 0.15) is 12.4 Å². The summed E-state index contributed by atoms with van der Waals surface area (Å²) in [7, 11) is 4.70. The minimum absolute atomic E-state index is 0.0000837. The molecule has 1 saturated carbocycles. The average molecular weight is 561 g/mol. The van der Waals surface area contributed by atoms with Crippen molar-refractivity contribution < 1.29 is 28.4 Å². The summed E-state index contributed by atoms with van der Waals surface area (Å²) < 4.78 is 22.4. The van der Waals surface area contributed by atoms with Crippen LogP contribution in [0.25, 0.3) is 0 Å². The number of rotatable bonds is 15. The highest BCUT2D eigenvalue weighted by molar-refractivity contribution is 7.10. The number of benzene rings is 1. The molecule has 0 aromatic heterocycles. The van der Waals surface area contributed by atoms with Gasteiger partial charge in [0.15, 0.2) is 0 Å². The van der Waals surface area contributed by atoms with Crippen LogP contribution in [-0.2, 0) is 18.6 Å².